The van der Waals surface area contributed by atoms with E-state index < -0.39 is 6.10 Å². The fraction of sp³-hybridized carbons (Fsp3) is 0.0526. The Morgan fingerprint density at radius 2 is 1.33 bits per heavy atom. The van der Waals surface area contributed by atoms with Gasteiger partial charge in [0.2, 0.25) is 0 Å². The van der Waals surface area contributed by atoms with Gasteiger partial charge in [0.1, 0.15) is 6.10 Å². The van der Waals surface area contributed by atoms with Crippen molar-refractivity contribution in [2.45, 2.75) is 6.10 Å². The summed E-state index contributed by atoms with van der Waals surface area (Å²) in [6.45, 7) is 0. The molecule has 0 spiro atoms. The first-order chi connectivity index (χ1) is 10.2. The number of rotatable bonds is 3. The molecule has 0 aliphatic rings. The Balaban J connectivity index is 1.87. The van der Waals surface area contributed by atoms with Crippen molar-refractivity contribution in [3.8, 4) is 11.1 Å². The van der Waals surface area contributed by atoms with Crippen LogP contribution in [0.3, 0.4) is 0 Å². The van der Waals surface area contributed by atoms with Crippen LogP contribution in [0.25, 0.3) is 11.1 Å². The number of hydrogen-bond donors (Lipinski definition) is 1. The highest BCUT2D eigenvalue weighted by atomic mass is 35.5. The van der Waals surface area contributed by atoms with Crippen molar-refractivity contribution in [1.29, 1.82) is 0 Å². The zero-order valence-corrected chi connectivity index (χ0v) is 12.2. The lowest BCUT2D eigenvalue weighted by Gasteiger charge is -2.12. The van der Waals surface area contributed by atoms with E-state index >= 15 is 0 Å². The van der Waals surface area contributed by atoms with Crippen LogP contribution in [-0.2, 0) is 0 Å². The van der Waals surface area contributed by atoms with E-state index in [9.17, 15) is 5.11 Å². The highest BCUT2D eigenvalue weighted by Crippen LogP contribution is 2.26. The van der Waals surface area contributed by atoms with E-state index in [1.54, 1.807) is 12.1 Å². The lowest BCUT2D eigenvalue weighted by molar-refractivity contribution is 0.220. The van der Waals surface area contributed by atoms with Crippen molar-refractivity contribution in [2.24, 2.45) is 0 Å². The van der Waals surface area contributed by atoms with E-state index in [1.807, 2.05) is 54.6 Å². The molecule has 3 aromatic rings. The Morgan fingerprint density at radius 3 is 2.00 bits per heavy atom. The molecule has 0 aliphatic carbocycles. The molecule has 0 heterocycles. The minimum atomic E-state index is -0.659. The zero-order chi connectivity index (χ0) is 14.7. The second-order valence-electron chi connectivity index (χ2n) is 4.95. The van der Waals surface area contributed by atoms with Crippen molar-refractivity contribution >= 4 is 11.6 Å². The van der Waals surface area contributed by atoms with Crippen LogP contribution in [-0.4, -0.2) is 5.11 Å². The third-order valence-electron chi connectivity index (χ3n) is 3.50. The van der Waals surface area contributed by atoms with E-state index in [2.05, 4.69) is 12.1 Å². The lowest BCUT2D eigenvalue weighted by Crippen LogP contribution is -1.99. The molecule has 1 atom stereocenters. The molecular weight excluding hydrogens is 280 g/mol. The molecule has 0 amide bonds. The summed E-state index contributed by atoms with van der Waals surface area (Å²) in [6, 6.07) is 25.5. The molecule has 0 aliphatic heterocycles. The van der Waals surface area contributed by atoms with Crippen molar-refractivity contribution in [3.63, 3.8) is 0 Å². The van der Waals surface area contributed by atoms with E-state index in [0.29, 0.717) is 5.02 Å². The maximum Gasteiger partial charge on any atom is 0.104 e. The summed E-state index contributed by atoms with van der Waals surface area (Å²) >= 11 is 5.97. The summed E-state index contributed by atoms with van der Waals surface area (Å²) < 4.78 is 0. The van der Waals surface area contributed by atoms with Crippen molar-refractivity contribution < 1.29 is 5.11 Å². The molecule has 1 N–H and O–H groups in total. The number of halogens is 1. The Kier molecular flexibility index (Phi) is 4.05. The summed E-state index contributed by atoms with van der Waals surface area (Å²) in [6.07, 6.45) is -0.659. The number of hydrogen-bond acceptors (Lipinski definition) is 1. The Labute approximate surface area is 129 Å². The predicted molar refractivity (Wildman–Crippen MR) is 87.4 cm³/mol. The van der Waals surface area contributed by atoms with Gasteiger partial charge in [-0.25, -0.2) is 0 Å². The second kappa shape index (κ2) is 6.13. The first kappa shape index (κ1) is 13.9. The SMILES string of the molecule is OC(c1ccc(-c2ccccc2)cc1)c1cccc(Cl)c1. The molecule has 104 valence electrons. The molecule has 21 heavy (non-hydrogen) atoms. The molecule has 0 radical (unpaired) electrons. The van der Waals surface area contributed by atoms with Crippen molar-refractivity contribution in [1.82, 2.24) is 0 Å². The molecule has 2 heteroatoms. The number of aliphatic hydroxyl groups is 1. The first-order valence-corrected chi connectivity index (χ1v) is 7.21. The highest BCUT2D eigenvalue weighted by Gasteiger charge is 2.10. The molecule has 1 unspecified atom stereocenters. The smallest absolute Gasteiger partial charge is 0.104 e. The molecule has 0 aromatic heterocycles. The molecule has 1 nitrogen and oxygen atoms in total. The van der Waals surface area contributed by atoms with Crippen LogP contribution in [0.2, 0.25) is 5.02 Å². The van der Waals surface area contributed by atoms with E-state index in [4.69, 9.17) is 11.6 Å². The van der Waals surface area contributed by atoms with Gasteiger partial charge in [0.25, 0.3) is 0 Å². The second-order valence-corrected chi connectivity index (χ2v) is 5.38. The van der Waals surface area contributed by atoms with Crippen LogP contribution in [0.5, 0.6) is 0 Å². The maximum atomic E-state index is 10.4. The Morgan fingerprint density at radius 1 is 0.667 bits per heavy atom. The molecule has 0 fully saturated rings. The van der Waals surface area contributed by atoms with Gasteiger partial charge < -0.3 is 5.11 Å². The van der Waals surface area contributed by atoms with E-state index in [1.165, 1.54) is 5.56 Å². The molecule has 0 saturated heterocycles. The molecule has 0 bridgehead atoms. The fourth-order valence-electron chi connectivity index (χ4n) is 2.36. The Bertz CT molecular complexity index is 720. The van der Waals surface area contributed by atoms with Gasteiger partial charge in [-0.05, 0) is 34.4 Å². The molecule has 3 aromatic carbocycles. The van der Waals surface area contributed by atoms with Crippen molar-refractivity contribution in [3.05, 3.63) is 95.0 Å². The van der Waals surface area contributed by atoms with Crippen LogP contribution >= 0.6 is 11.6 Å². The van der Waals surface area contributed by atoms with Crippen LogP contribution < -0.4 is 0 Å². The average molecular weight is 295 g/mol. The number of benzene rings is 3. The van der Waals surface area contributed by atoms with E-state index in [0.717, 1.165) is 16.7 Å². The summed E-state index contributed by atoms with van der Waals surface area (Å²) in [5.74, 6) is 0. The van der Waals surface area contributed by atoms with Gasteiger partial charge in [-0.3, -0.25) is 0 Å². The quantitative estimate of drug-likeness (QED) is 0.713. The summed E-state index contributed by atoms with van der Waals surface area (Å²) in [4.78, 5) is 0. The van der Waals surface area contributed by atoms with Crippen molar-refractivity contribution in [2.75, 3.05) is 0 Å². The van der Waals surface area contributed by atoms with Gasteiger partial charge in [-0.15, -0.1) is 0 Å². The predicted octanol–water partition coefficient (Wildman–Crippen LogP) is 5.09. The van der Waals surface area contributed by atoms with Gasteiger partial charge in [0.05, 0.1) is 0 Å². The summed E-state index contributed by atoms with van der Waals surface area (Å²) in [5, 5.41) is 11.1. The maximum absolute atomic E-state index is 10.4. The minimum absolute atomic E-state index is 0.632. The fourth-order valence-corrected chi connectivity index (χ4v) is 2.56. The molecular formula is C19H15ClO. The van der Waals surface area contributed by atoms with Crippen LogP contribution in [0, 0.1) is 0 Å². The standard InChI is InChI=1S/C19H15ClO/c20-18-8-4-7-17(13-18)19(21)16-11-9-15(10-12-16)14-5-2-1-3-6-14/h1-13,19,21H. The number of aliphatic hydroxyl groups excluding tert-OH is 1. The minimum Gasteiger partial charge on any atom is -0.384 e. The lowest BCUT2D eigenvalue weighted by atomic mass is 9.98. The summed E-state index contributed by atoms with van der Waals surface area (Å²) in [5.41, 5.74) is 3.96. The van der Waals surface area contributed by atoms with E-state index in [-0.39, 0.29) is 0 Å². The molecule has 0 saturated carbocycles. The van der Waals surface area contributed by atoms with Crippen LogP contribution in [0.15, 0.2) is 78.9 Å². The topological polar surface area (TPSA) is 20.2 Å². The third-order valence-corrected chi connectivity index (χ3v) is 3.73. The van der Waals surface area contributed by atoms with Crippen LogP contribution in [0.1, 0.15) is 17.2 Å². The Hall–Kier alpha value is -2.09. The highest BCUT2D eigenvalue weighted by molar-refractivity contribution is 6.30. The largest absolute Gasteiger partial charge is 0.384 e. The average Bonchev–Trinajstić information content (AvgIpc) is 2.55. The normalized spacial score (nSPS) is 12.1. The van der Waals surface area contributed by atoms with Gasteiger partial charge >= 0.3 is 0 Å². The molecule has 3 rings (SSSR count). The summed E-state index contributed by atoms with van der Waals surface area (Å²) in [7, 11) is 0. The monoisotopic (exact) mass is 294 g/mol. The van der Waals surface area contributed by atoms with Gasteiger partial charge in [-0.2, -0.15) is 0 Å². The zero-order valence-electron chi connectivity index (χ0n) is 11.4. The van der Waals surface area contributed by atoms with Crippen LogP contribution in [0.4, 0.5) is 0 Å². The third kappa shape index (κ3) is 3.15. The van der Waals surface area contributed by atoms with Gasteiger partial charge in [-0.1, -0.05) is 78.3 Å². The van der Waals surface area contributed by atoms with Gasteiger partial charge in [0, 0.05) is 5.02 Å². The first-order valence-electron chi connectivity index (χ1n) is 6.83. The van der Waals surface area contributed by atoms with Gasteiger partial charge in [0.15, 0.2) is 0 Å².